The summed E-state index contributed by atoms with van der Waals surface area (Å²) in [6.07, 6.45) is 1.72. The summed E-state index contributed by atoms with van der Waals surface area (Å²) in [6, 6.07) is 15.2. The van der Waals surface area contributed by atoms with Crippen molar-refractivity contribution >= 4 is 34.9 Å². The molecule has 1 amide bonds. The molecule has 0 spiro atoms. The van der Waals surface area contributed by atoms with Crippen LogP contribution in [-0.4, -0.2) is 36.3 Å². The van der Waals surface area contributed by atoms with E-state index in [1.54, 1.807) is 23.1 Å². The normalized spacial score (nSPS) is 13.6. The van der Waals surface area contributed by atoms with Gasteiger partial charge in [-0.2, -0.15) is 0 Å². The van der Waals surface area contributed by atoms with Crippen molar-refractivity contribution in [1.82, 2.24) is 4.90 Å². The van der Waals surface area contributed by atoms with Crippen molar-refractivity contribution in [3.63, 3.8) is 0 Å². The Bertz CT molecular complexity index is 794. The zero-order chi connectivity index (χ0) is 18.4. The minimum Gasteiger partial charge on any atom is -0.492 e. The number of carbonyl (C=O) groups excluding carboxylic acids is 1. The molecule has 0 aromatic heterocycles. The summed E-state index contributed by atoms with van der Waals surface area (Å²) in [5, 5.41) is 1.04. The molecule has 0 saturated carbocycles. The lowest BCUT2D eigenvalue weighted by atomic mass is 10.1. The fourth-order valence-corrected chi connectivity index (χ4v) is 3.29. The van der Waals surface area contributed by atoms with E-state index >= 15 is 0 Å². The maximum Gasteiger partial charge on any atom is 0.228 e. The molecular weight excluding hydrogens is 371 g/mol. The van der Waals surface area contributed by atoms with Gasteiger partial charge in [-0.1, -0.05) is 53.5 Å². The van der Waals surface area contributed by atoms with Crippen LogP contribution in [0, 0.1) is 0 Å². The molecule has 0 saturated heterocycles. The number of nitrogens with zero attached hydrogens (tertiary/aromatic N) is 2. The molecule has 2 aromatic carbocycles. The largest absolute Gasteiger partial charge is 0.492 e. The van der Waals surface area contributed by atoms with Crippen LogP contribution in [0.1, 0.15) is 18.4 Å². The third-order valence-corrected chi connectivity index (χ3v) is 4.65. The summed E-state index contributed by atoms with van der Waals surface area (Å²) >= 11 is 11.9. The molecule has 4 nitrogen and oxygen atoms in total. The number of amides is 1. The molecule has 6 heteroatoms. The maximum atomic E-state index is 12.5. The van der Waals surface area contributed by atoms with Crippen LogP contribution in [0.4, 0.5) is 0 Å². The van der Waals surface area contributed by atoms with Crippen LogP contribution in [-0.2, 0) is 11.2 Å². The van der Waals surface area contributed by atoms with Crippen LogP contribution in [0.25, 0.3) is 0 Å². The minimum atomic E-state index is 0.0861. The van der Waals surface area contributed by atoms with Crippen molar-refractivity contribution in [3.8, 4) is 5.75 Å². The number of hydrogen-bond acceptors (Lipinski definition) is 3. The quantitative estimate of drug-likeness (QED) is 0.646. The minimum absolute atomic E-state index is 0.0861. The summed E-state index contributed by atoms with van der Waals surface area (Å²) in [4.78, 5) is 18.8. The molecule has 26 heavy (non-hydrogen) atoms. The van der Waals surface area contributed by atoms with Crippen LogP contribution < -0.4 is 4.74 Å². The Morgan fingerprint density at radius 3 is 2.73 bits per heavy atom. The van der Waals surface area contributed by atoms with Crippen molar-refractivity contribution in [1.29, 1.82) is 0 Å². The topological polar surface area (TPSA) is 41.9 Å². The third-order valence-electron chi connectivity index (χ3n) is 4.12. The molecule has 1 aliphatic rings. The van der Waals surface area contributed by atoms with Gasteiger partial charge in [-0.15, -0.1) is 0 Å². The van der Waals surface area contributed by atoms with E-state index in [0.717, 1.165) is 11.4 Å². The first-order valence-electron chi connectivity index (χ1n) is 8.59. The van der Waals surface area contributed by atoms with Crippen LogP contribution in [0.3, 0.4) is 0 Å². The molecule has 3 rings (SSSR count). The highest BCUT2D eigenvalue weighted by Crippen LogP contribution is 2.27. The fourth-order valence-electron chi connectivity index (χ4n) is 2.82. The van der Waals surface area contributed by atoms with Gasteiger partial charge >= 0.3 is 0 Å². The zero-order valence-electron chi connectivity index (χ0n) is 14.3. The smallest absolute Gasteiger partial charge is 0.228 e. The van der Waals surface area contributed by atoms with E-state index in [1.165, 1.54) is 0 Å². The number of benzene rings is 2. The van der Waals surface area contributed by atoms with Crippen molar-refractivity contribution < 1.29 is 9.53 Å². The average molecular weight is 391 g/mol. The first-order chi connectivity index (χ1) is 12.6. The van der Waals surface area contributed by atoms with Crippen molar-refractivity contribution in [2.75, 3.05) is 19.7 Å². The molecule has 0 radical (unpaired) electrons. The Morgan fingerprint density at radius 1 is 1.15 bits per heavy atom. The first kappa shape index (κ1) is 18.7. The summed E-state index contributed by atoms with van der Waals surface area (Å²) in [5.41, 5.74) is 1.16. The molecule has 2 aromatic rings. The summed E-state index contributed by atoms with van der Waals surface area (Å²) in [6.45, 7) is 1.75. The summed E-state index contributed by atoms with van der Waals surface area (Å²) in [7, 11) is 0. The van der Waals surface area contributed by atoms with Gasteiger partial charge in [-0.25, -0.2) is 0 Å². The molecule has 1 heterocycles. The van der Waals surface area contributed by atoms with Gasteiger partial charge in [0.05, 0.1) is 18.2 Å². The standard InChI is InChI=1S/C20H20Cl2N2O2/c21-16-8-9-18(17(22)14-16)26-12-4-7-20(25)24-11-10-23-19(24)13-15-5-2-1-3-6-15/h1-3,5-6,8-9,14H,4,7,10-13H2. The van der Waals surface area contributed by atoms with Gasteiger partial charge in [0.25, 0.3) is 0 Å². The average Bonchev–Trinajstić information content (AvgIpc) is 3.09. The van der Waals surface area contributed by atoms with Crippen LogP contribution >= 0.6 is 23.2 Å². The molecule has 0 atom stereocenters. The van der Waals surface area contributed by atoms with E-state index < -0.39 is 0 Å². The Labute approximate surface area is 163 Å². The molecule has 136 valence electrons. The van der Waals surface area contributed by atoms with E-state index in [2.05, 4.69) is 4.99 Å². The SMILES string of the molecule is O=C(CCCOc1ccc(Cl)cc1Cl)N1CCN=C1Cc1ccccc1. The Hall–Kier alpha value is -2.04. The van der Waals surface area contributed by atoms with Crippen LogP contribution in [0.5, 0.6) is 5.75 Å². The molecule has 1 aliphatic heterocycles. The summed E-state index contributed by atoms with van der Waals surface area (Å²) < 4.78 is 5.64. The monoisotopic (exact) mass is 390 g/mol. The van der Waals surface area contributed by atoms with Gasteiger partial charge in [-0.05, 0) is 30.2 Å². The zero-order valence-corrected chi connectivity index (χ0v) is 15.8. The summed E-state index contributed by atoms with van der Waals surface area (Å²) in [5.74, 6) is 1.52. The van der Waals surface area contributed by atoms with Gasteiger partial charge in [-0.3, -0.25) is 14.7 Å². The van der Waals surface area contributed by atoms with Gasteiger partial charge in [0.1, 0.15) is 11.6 Å². The molecule has 0 bridgehead atoms. The highest BCUT2D eigenvalue weighted by molar-refractivity contribution is 6.35. The van der Waals surface area contributed by atoms with E-state index in [1.807, 2.05) is 30.3 Å². The Kier molecular flexibility index (Phi) is 6.53. The number of hydrogen-bond donors (Lipinski definition) is 0. The molecule has 0 unspecified atom stereocenters. The number of carbonyl (C=O) groups is 1. The lowest BCUT2D eigenvalue weighted by Gasteiger charge is -2.18. The number of rotatable bonds is 7. The lowest BCUT2D eigenvalue weighted by molar-refractivity contribution is -0.127. The van der Waals surface area contributed by atoms with Gasteiger partial charge < -0.3 is 4.74 Å². The van der Waals surface area contributed by atoms with E-state index in [0.29, 0.717) is 54.8 Å². The highest BCUT2D eigenvalue weighted by atomic mass is 35.5. The van der Waals surface area contributed by atoms with Crippen LogP contribution in [0.2, 0.25) is 10.0 Å². The lowest BCUT2D eigenvalue weighted by Crippen LogP contribution is -2.35. The van der Waals surface area contributed by atoms with Gasteiger partial charge in [0, 0.05) is 24.4 Å². The predicted molar refractivity (Wildman–Crippen MR) is 105 cm³/mol. The third kappa shape index (κ3) is 4.99. The first-order valence-corrected chi connectivity index (χ1v) is 9.34. The molecule has 0 fully saturated rings. The predicted octanol–water partition coefficient (Wildman–Crippen LogP) is 4.64. The van der Waals surface area contributed by atoms with Crippen molar-refractivity contribution in [2.45, 2.75) is 19.3 Å². The Morgan fingerprint density at radius 2 is 1.96 bits per heavy atom. The number of halogens is 2. The molecule has 0 aliphatic carbocycles. The van der Waals surface area contributed by atoms with Crippen LogP contribution in [0.15, 0.2) is 53.5 Å². The van der Waals surface area contributed by atoms with Crippen molar-refractivity contribution in [2.24, 2.45) is 4.99 Å². The second-order valence-corrected chi connectivity index (χ2v) is 6.88. The second-order valence-electron chi connectivity index (χ2n) is 6.03. The maximum absolute atomic E-state index is 12.5. The van der Waals surface area contributed by atoms with Gasteiger partial charge in [0.15, 0.2) is 0 Å². The van der Waals surface area contributed by atoms with E-state index in [-0.39, 0.29) is 5.91 Å². The molecule has 0 N–H and O–H groups in total. The second kappa shape index (κ2) is 9.06. The van der Waals surface area contributed by atoms with E-state index in [4.69, 9.17) is 27.9 Å². The number of ether oxygens (including phenoxy) is 1. The highest BCUT2D eigenvalue weighted by Gasteiger charge is 2.23. The fraction of sp³-hybridized carbons (Fsp3) is 0.300. The van der Waals surface area contributed by atoms with Crippen molar-refractivity contribution in [3.05, 3.63) is 64.1 Å². The van der Waals surface area contributed by atoms with Gasteiger partial charge in [0.2, 0.25) is 5.91 Å². The van der Waals surface area contributed by atoms with E-state index in [9.17, 15) is 4.79 Å². The number of amidine groups is 1. The molecular formula is C20H20Cl2N2O2. The number of aliphatic imine (C=N–C) groups is 1. The Balaban J connectivity index is 1.46.